The molecule has 0 atom stereocenters. The average Bonchev–Trinajstić information content (AvgIpc) is 3.09. The molecule has 0 saturated carbocycles. The number of benzene rings is 1. The van der Waals surface area contributed by atoms with Crippen molar-refractivity contribution in [3.8, 4) is 17.2 Å². The highest BCUT2D eigenvalue weighted by molar-refractivity contribution is 6.30. The maximum absolute atomic E-state index is 5.95. The van der Waals surface area contributed by atoms with Gasteiger partial charge in [0.25, 0.3) is 0 Å². The van der Waals surface area contributed by atoms with Crippen molar-refractivity contribution in [1.29, 1.82) is 0 Å². The molecule has 1 aliphatic heterocycles. The molecule has 2 aromatic heterocycles. The Morgan fingerprint density at radius 1 is 1.14 bits per heavy atom. The second-order valence-electron chi connectivity index (χ2n) is 4.65. The highest BCUT2D eigenvalue weighted by Gasteiger charge is 2.13. The minimum Gasteiger partial charge on any atom is -0.487 e. The van der Waals surface area contributed by atoms with E-state index in [-0.39, 0.29) is 6.79 Å². The summed E-state index contributed by atoms with van der Waals surface area (Å²) in [6.07, 6.45) is 3.71. The van der Waals surface area contributed by atoms with Crippen LogP contribution in [0.2, 0.25) is 5.02 Å². The quantitative estimate of drug-likeness (QED) is 0.745. The molecule has 0 spiro atoms. The molecule has 6 heteroatoms. The second-order valence-corrected chi connectivity index (χ2v) is 5.09. The maximum atomic E-state index is 5.95. The fourth-order valence-corrected chi connectivity index (χ4v) is 2.38. The first-order valence-electron chi connectivity index (χ1n) is 6.43. The molecular weight excluding hydrogens is 292 g/mol. The van der Waals surface area contributed by atoms with E-state index in [0.717, 1.165) is 17.1 Å². The van der Waals surface area contributed by atoms with E-state index in [1.165, 1.54) is 0 Å². The molecule has 106 valence electrons. The number of aromatic nitrogens is 2. The second kappa shape index (κ2) is 4.86. The number of nitrogens with zero attached hydrogens (tertiary/aromatic N) is 2. The minimum atomic E-state index is 0.256. The molecule has 21 heavy (non-hydrogen) atoms. The maximum Gasteiger partial charge on any atom is 0.231 e. The SMILES string of the molecule is Clc1ccc2nc(COc3ccc4c(c3)OCO4)cn2c1. The lowest BCUT2D eigenvalue weighted by Gasteiger charge is -2.04. The lowest BCUT2D eigenvalue weighted by Crippen LogP contribution is -1.95. The van der Waals surface area contributed by atoms with Crippen molar-refractivity contribution in [2.45, 2.75) is 6.61 Å². The Morgan fingerprint density at radius 3 is 3.00 bits per heavy atom. The van der Waals surface area contributed by atoms with Crippen molar-refractivity contribution in [3.63, 3.8) is 0 Å². The topological polar surface area (TPSA) is 45.0 Å². The van der Waals surface area contributed by atoms with Gasteiger partial charge in [0, 0.05) is 18.5 Å². The molecule has 0 bridgehead atoms. The van der Waals surface area contributed by atoms with Crippen LogP contribution in [-0.2, 0) is 6.61 Å². The first-order chi connectivity index (χ1) is 10.3. The third kappa shape index (κ3) is 2.36. The van der Waals surface area contributed by atoms with E-state index in [4.69, 9.17) is 25.8 Å². The van der Waals surface area contributed by atoms with E-state index in [0.29, 0.717) is 23.1 Å². The molecule has 1 aromatic carbocycles. The van der Waals surface area contributed by atoms with E-state index in [1.807, 2.05) is 47.1 Å². The van der Waals surface area contributed by atoms with E-state index in [9.17, 15) is 0 Å². The predicted octanol–water partition coefficient (Wildman–Crippen LogP) is 3.30. The normalized spacial score (nSPS) is 12.8. The van der Waals surface area contributed by atoms with Gasteiger partial charge < -0.3 is 18.6 Å². The zero-order valence-corrected chi connectivity index (χ0v) is 11.7. The summed E-state index contributed by atoms with van der Waals surface area (Å²) in [6, 6.07) is 9.18. The van der Waals surface area contributed by atoms with Crippen molar-refractivity contribution in [1.82, 2.24) is 9.38 Å². The number of ether oxygens (including phenoxy) is 3. The molecule has 0 amide bonds. The van der Waals surface area contributed by atoms with Gasteiger partial charge in [-0.05, 0) is 24.3 Å². The number of imidazole rings is 1. The molecule has 4 rings (SSSR count). The van der Waals surface area contributed by atoms with Gasteiger partial charge in [-0.25, -0.2) is 4.98 Å². The van der Waals surface area contributed by atoms with Gasteiger partial charge in [0.15, 0.2) is 11.5 Å². The van der Waals surface area contributed by atoms with Crippen LogP contribution in [0.1, 0.15) is 5.69 Å². The van der Waals surface area contributed by atoms with Crippen molar-refractivity contribution in [2.75, 3.05) is 6.79 Å². The summed E-state index contributed by atoms with van der Waals surface area (Å²) < 4.78 is 18.2. The van der Waals surface area contributed by atoms with Crippen LogP contribution in [0, 0.1) is 0 Å². The van der Waals surface area contributed by atoms with Gasteiger partial charge in [-0.2, -0.15) is 0 Å². The van der Waals surface area contributed by atoms with Crippen molar-refractivity contribution in [2.24, 2.45) is 0 Å². The molecule has 0 unspecified atom stereocenters. The molecule has 5 nitrogen and oxygen atoms in total. The third-order valence-electron chi connectivity index (χ3n) is 3.20. The summed E-state index contributed by atoms with van der Waals surface area (Å²) >= 11 is 5.95. The van der Waals surface area contributed by atoms with E-state index in [2.05, 4.69) is 4.98 Å². The summed E-state index contributed by atoms with van der Waals surface area (Å²) in [5, 5.41) is 0.670. The average molecular weight is 303 g/mol. The van der Waals surface area contributed by atoms with Gasteiger partial charge in [-0.15, -0.1) is 0 Å². The van der Waals surface area contributed by atoms with E-state index >= 15 is 0 Å². The van der Waals surface area contributed by atoms with Gasteiger partial charge >= 0.3 is 0 Å². The number of hydrogen-bond donors (Lipinski definition) is 0. The largest absolute Gasteiger partial charge is 0.487 e. The Morgan fingerprint density at radius 2 is 2.05 bits per heavy atom. The summed E-state index contributed by atoms with van der Waals surface area (Å²) in [5.74, 6) is 2.16. The standard InChI is InChI=1S/C15H11ClN2O3/c16-10-1-4-15-17-11(7-18(15)6-10)8-19-12-2-3-13-14(5-12)21-9-20-13/h1-7H,8-9H2. The number of fused-ring (bicyclic) bond motifs is 2. The summed E-state index contributed by atoms with van der Waals surface area (Å²) in [4.78, 5) is 4.46. The van der Waals surface area contributed by atoms with Crippen LogP contribution in [0.5, 0.6) is 17.2 Å². The van der Waals surface area contributed by atoms with Crippen molar-refractivity contribution < 1.29 is 14.2 Å². The number of halogens is 1. The lowest BCUT2D eigenvalue weighted by molar-refractivity contribution is 0.173. The van der Waals surface area contributed by atoms with E-state index in [1.54, 1.807) is 0 Å². The van der Waals surface area contributed by atoms with Crippen LogP contribution in [0.25, 0.3) is 5.65 Å². The summed E-state index contributed by atoms with van der Waals surface area (Å²) in [6.45, 7) is 0.630. The Kier molecular flexibility index (Phi) is 2.86. The molecule has 0 N–H and O–H groups in total. The first kappa shape index (κ1) is 12.3. The summed E-state index contributed by atoms with van der Waals surface area (Å²) in [5.41, 5.74) is 1.67. The molecule has 0 fully saturated rings. The molecule has 0 aliphatic carbocycles. The van der Waals surface area contributed by atoms with Crippen LogP contribution in [0.15, 0.2) is 42.7 Å². The zero-order valence-electron chi connectivity index (χ0n) is 11.0. The monoisotopic (exact) mass is 302 g/mol. The molecule has 0 saturated heterocycles. The third-order valence-corrected chi connectivity index (χ3v) is 3.42. The Balaban J connectivity index is 1.52. The Bertz CT molecular complexity index is 816. The Hall–Kier alpha value is -2.40. The predicted molar refractivity (Wildman–Crippen MR) is 77.1 cm³/mol. The van der Waals surface area contributed by atoms with Crippen molar-refractivity contribution in [3.05, 3.63) is 53.4 Å². The van der Waals surface area contributed by atoms with Gasteiger partial charge in [0.2, 0.25) is 6.79 Å². The smallest absolute Gasteiger partial charge is 0.231 e. The van der Waals surface area contributed by atoms with Gasteiger partial charge in [0.05, 0.1) is 10.7 Å². The molecule has 3 heterocycles. The number of rotatable bonds is 3. The zero-order chi connectivity index (χ0) is 14.2. The Labute approximate surface area is 125 Å². The fraction of sp³-hybridized carbons (Fsp3) is 0.133. The highest BCUT2D eigenvalue weighted by atomic mass is 35.5. The van der Waals surface area contributed by atoms with Gasteiger partial charge in [-0.1, -0.05) is 11.6 Å². The van der Waals surface area contributed by atoms with E-state index < -0.39 is 0 Å². The lowest BCUT2D eigenvalue weighted by atomic mass is 10.3. The van der Waals surface area contributed by atoms with Gasteiger partial charge in [-0.3, -0.25) is 0 Å². The van der Waals surface area contributed by atoms with Crippen LogP contribution in [0.4, 0.5) is 0 Å². The fourth-order valence-electron chi connectivity index (χ4n) is 2.21. The highest BCUT2D eigenvalue weighted by Crippen LogP contribution is 2.35. The van der Waals surface area contributed by atoms with Crippen LogP contribution in [0.3, 0.4) is 0 Å². The summed E-state index contributed by atoms with van der Waals surface area (Å²) in [7, 11) is 0. The minimum absolute atomic E-state index is 0.256. The van der Waals surface area contributed by atoms with Crippen LogP contribution < -0.4 is 14.2 Å². The van der Waals surface area contributed by atoms with Gasteiger partial charge in [0.1, 0.15) is 18.0 Å². The molecule has 1 aliphatic rings. The van der Waals surface area contributed by atoms with Crippen LogP contribution >= 0.6 is 11.6 Å². The number of pyridine rings is 1. The van der Waals surface area contributed by atoms with Crippen LogP contribution in [-0.4, -0.2) is 16.2 Å². The molecular formula is C15H11ClN2O3. The number of hydrogen-bond acceptors (Lipinski definition) is 4. The first-order valence-corrected chi connectivity index (χ1v) is 6.81. The van der Waals surface area contributed by atoms with Crippen molar-refractivity contribution >= 4 is 17.2 Å². The molecule has 3 aromatic rings. The molecule has 0 radical (unpaired) electrons.